The summed E-state index contributed by atoms with van der Waals surface area (Å²) in [5.74, 6) is -0.107. The van der Waals surface area contributed by atoms with E-state index in [1.165, 1.54) is 24.3 Å². The van der Waals surface area contributed by atoms with Gasteiger partial charge in [0.1, 0.15) is 0 Å². The molecule has 1 amide bonds. The maximum absolute atomic E-state index is 12.1. The summed E-state index contributed by atoms with van der Waals surface area (Å²) < 4.78 is 22.7. The number of benzene rings is 1. The summed E-state index contributed by atoms with van der Waals surface area (Å²) in [5, 5.41) is 12.1. The minimum atomic E-state index is -3.25. The lowest BCUT2D eigenvalue weighted by molar-refractivity contribution is 0.0916. The maximum Gasteiger partial charge on any atom is 0.251 e. The lowest BCUT2D eigenvalue weighted by Gasteiger charge is -2.19. The van der Waals surface area contributed by atoms with Gasteiger partial charge in [-0.05, 0) is 37.1 Å². The van der Waals surface area contributed by atoms with Crippen molar-refractivity contribution in [2.45, 2.75) is 30.2 Å². The molecule has 0 bridgehead atoms. The Morgan fingerprint density at radius 1 is 1.30 bits per heavy atom. The molecule has 2 rings (SSSR count). The lowest BCUT2D eigenvalue weighted by Crippen LogP contribution is -2.38. The smallest absolute Gasteiger partial charge is 0.251 e. The zero-order valence-corrected chi connectivity index (χ0v) is 12.2. The highest BCUT2D eigenvalue weighted by Crippen LogP contribution is 2.25. The van der Waals surface area contributed by atoms with Gasteiger partial charge in [-0.1, -0.05) is 6.42 Å². The monoisotopic (exact) mass is 297 g/mol. The van der Waals surface area contributed by atoms with Gasteiger partial charge in [0.05, 0.1) is 4.90 Å². The van der Waals surface area contributed by atoms with Crippen molar-refractivity contribution < 1.29 is 18.3 Å². The molecular formula is C14H19NO4S. The van der Waals surface area contributed by atoms with Gasteiger partial charge in [0.2, 0.25) is 0 Å². The van der Waals surface area contributed by atoms with Crippen LogP contribution in [0.4, 0.5) is 0 Å². The molecule has 0 spiro atoms. The number of nitrogens with one attached hydrogen (secondary N) is 1. The summed E-state index contributed by atoms with van der Waals surface area (Å²) in [6.07, 6.45) is 3.93. The second kappa shape index (κ2) is 5.93. The Kier molecular flexibility index (Phi) is 4.45. The molecule has 0 radical (unpaired) electrons. The normalized spacial score (nSPS) is 22.7. The molecule has 110 valence electrons. The molecule has 1 aliphatic carbocycles. The van der Waals surface area contributed by atoms with Gasteiger partial charge >= 0.3 is 0 Å². The first-order chi connectivity index (χ1) is 9.41. The largest absolute Gasteiger partial charge is 0.396 e. The number of rotatable bonds is 4. The molecule has 1 fully saturated rings. The van der Waals surface area contributed by atoms with Crippen molar-refractivity contribution >= 4 is 15.7 Å². The van der Waals surface area contributed by atoms with E-state index in [0.717, 1.165) is 25.5 Å². The number of carbonyl (C=O) groups excluding carboxylic acids is 1. The van der Waals surface area contributed by atoms with E-state index in [2.05, 4.69) is 5.32 Å². The molecular weight excluding hydrogens is 278 g/mol. The predicted octanol–water partition coefficient (Wildman–Crippen LogP) is 0.981. The fourth-order valence-electron chi connectivity index (χ4n) is 2.55. The summed E-state index contributed by atoms with van der Waals surface area (Å²) in [7, 11) is -3.25. The van der Waals surface area contributed by atoms with Crippen molar-refractivity contribution in [2.24, 2.45) is 5.92 Å². The van der Waals surface area contributed by atoms with Gasteiger partial charge in [0.25, 0.3) is 5.91 Å². The summed E-state index contributed by atoms with van der Waals surface area (Å²) in [6, 6.07) is 5.88. The van der Waals surface area contributed by atoms with Crippen molar-refractivity contribution in [3.8, 4) is 0 Å². The highest BCUT2D eigenvalue weighted by atomic mass is 32.2. The zero-order chi connectivity index (χ0) is 14.8. The lowest BCUT2D eigenvalue weighted by atomic mass is 10.0. The Bertz CT molecular complexity index is 580. The molecule has 2 N–H and O–H groups in total. The molecule has 0 aromatic heterocycles. The number of hydrogen-bond donors (Lipinski definition) is 2. The van der Waals surface area contributed by atoms with Crippen LogP contribution in [0.3, 0.4) is 0 Å². The van der Waals surface area contributed by atoms with Gasteiger partial charge in [0, 0.05) is 30.4 Å². The number of aliphatic hydroxyl groups excluding tert-OH is 1. The van der Waals surface area contributed by atoms with Gasteiger partial charge < -0.3 is 10.4 Å². The average molecular weight is 297 g/mol. The summed E-state index contributed by atoms with van der Waals surface area (Å²) >= 11 is 0. The van der Waals surface area contributed by atoms with E-state index in [1.807, 2.05) is 0 Å². The first-order valence-corrected chi connectivity index (χ1v) is 8.53. The SMILES string of the molecule is CS(=O)(=O)c1ccc(C(=O)NC2CCCC2CO)cc1. The van der Waals surface area contributed by atoms with Gasteiger partial charge in [0.15, 0.2) is 9.84 Å². The Balaban J connectivity index is 2.06. The Morgan fingerprint density at radius 3 is 2.50 bits per heavy atom. The fraction of sp³-hybridized carbons (Fsp3) is 0.500. The van der Waals surface area contributed by atoms with Crippen molar-refractivity contribution in [1.29, 1.82) is 0 Å². The van der Waals surface area contributed by atoms with E-state index >= 15 is 0 Å². The van der Waals surface area contributed by atoms with E-state index in [-0.39, 0.29) is 29.4 Å². The Morgan fingerprint density at radius 2 is 1.95 bits per heavy atom. The van der Waals surface area contributed by atoms with E-state index < -0.39 is 9.84 Å². The zero-order valence-electron chi connectivity index (χ0n) is 11.4. The molecule has 0 saturated heterocycles. The van der Waals surface area contributed by atoms with Crippen LogP contribution < -0.4 is 5.32 Å². The Hall–Kier alpha value is -1.40. The minimum Gasteiger partial charge on any atom is -0.396 e. The van der Waals surface area contributed by atoms with Crippen LogP contribution in [0.25, 0.3) is 0 Å². The van der Waals surface area contributed by atoms with E-state index in [1.54, 1.807) is 0 Å². The third-order valence-electron chi connectivity index (χ3n) is 3.75. The molecule has 2 atom stereocenters. The molecule has 1 aromatic carbocycles. The van der Waals surface area contributed by atoms with Crippen molar-refractivity contribution in [3.63, 3.8) is 0 Å². The van der Waals surface area contributed by atoms with Gasteiger partial charge in [-0.3, -0.25) is 4.79 Å². The van der Waals surface area contributed by atoms with Crippen molar-refractivity contribution in [1.82, 2.24) is 5.32 Å². The molecule has 5 nitrogen and oxygen atoms in total. The fourth-order valence-corrected chi connectivity index (χ4v) is 3.18. The predicted molar refractivity (Wildman–Crippen MR) is 75.2 cm³/mol. The van der Waals surface area contributed by atoms with E-state index in [0.29, 0.717) is 5.56 Å². The Labute approximate surface area is 118 Å². The first-order valence-electron chi connectivity index (χ1n) is 6.63. The number of carbonyl (C=O) groups is 1. The molecule has 20 heavy (non-hydrogen) atoms. The quantitative estimate of drug-likeness (QED) is 0.868. The van der Waals surface area contributed by atoms with Crippen LogP contribution in [0.15, 0.2) is 29.2 Å². The van der Waals surface area contributed by atoms with Crippen LogP contribution in [0.1, 0.15) is 29.6 Å². The van der Waals surface area contributed by atoms with Gasteiger partial charge in [-0.25, -0.2) is 8.42 Å². The molecule has 2 unspecified atom stereocenters. The third kappa shape index (κ3) is 3.37. The average Bonchev–Trinajstić information content (AvgIpc) is 2.85. The first kappa shape index (κ1) is 15.0. The van der Waals surface area contributed by atoms with Crippen LogP contribution in [0.5, 0.6) is 0 Å². The number of amides is 1. The number of sulfone groups is 1. The van der Waals surface area contributed by atoms with Crippen molar-refractivity contribution in [2.75, 3.05) is 12.9 Å². The third-order valence-corrected chi connectivity index (χ3v) is 4.88. The summed E-state index contributed by atoms with van der Waals surface area (Å²) in [4.78, 5) is 12.3. The van der Waals surface area contributed by atoms with Gasteiger partial charge in [-0.2, -0.15) is 0 Å². The van der Waals surface area contributed by atoms with Crippen LogP contribution in [-0.4, -0.2) is 38.3 Å². The molecule has 1 saturated carbocycles. The highest BCUT2D eigenvalue weighted by Gasteiger charge is 2.28. The standard InChI is InChI=1S/C14H19NO4S/c1-20(18,19)12-7-5-10(6-8-12)14(17)15-13-4-2-3-11(13)9-16/h5-8,11,13,16H,2-4,9H2,1H3,(H,15,17). The van der Waals surface area contributed by atoms with Crippen LogP contribution in [0, 0.1) is 5.92 Å². The number of hydrogen-bond acceptors (Lipinski definition) is 4. The van der Waals surface area contributed by atoms with Gasteiger partial charge in [-0.15, -0.1) is 0 Å². The minimum absolute atomic E-state index is 0.00193. The highest BCUT2D eigenvalue weighted by molar-refractivity contribution is 7.90. The molecule has 0 aliphatic heterocycles. The second-order valence-electron chi connectivity index (χ2n) is 5.25. The van der Waals surface area contributed by atoms with Crippen LogP contribution in [0.2, 0.25) is 0 Å². The van der Waals surface area contributed by atoms with E-state index in [4.69, 9.17) is 0 Å². The maximum atomic E-state index is 12.1. The number of aliphatic hydroxyl groups is 1. The molecule has 1 aliphatic rings. The van der Waals surface area contributed by atoms with Crippen LogP contribution in [-0.2, 0) is 9.84 Å². The molecule has 1 aromatic rings. The molecule has 6 heteroatoms. The summed E-state index contributed by atoms with van der Waals surface area (Å²) in [6.45, 7) is 0.0813. The van der Waals surface area contributed by atoms with Crippen LogP contribution >= 0.6 is 0 Å². The molecule has 0 heterocycles. The second-order valence-corrected chi connectivity index (χ2v) is 7.27. The topological polar surface area (TPSA) is 83.5 Å². The van der Waals surface area contributed by atoms with E-state index in [9.17, 15) is 18.3 Å². The summed E-state index contributed by atoms with van der Waals surface area (Å²) in [5.41, 5.74) is 0.431. The van der Waals surface area contributed by atoms with Crippen molar-refractivity contribution in [3.05, 3.63) is 29.8 Å².